The summed E-state index contributed by atoms with van der Waals surface area (Å²) in [6.07, 6.45) is 0. The van der Waals surface area contributed by atoms with Gasteiger partial charge in [-0.25, -0.2) is 8.42 Å². The van der Waals surface area contributed by atoms with E-state index in [4.69, 9.17) is 32.7 Å². The van der Waals surface area contributed by atoms with E-state index in [1.807, 2.05) is 0 Å². The van der Waals surface area contributed by atoms with Crippen LogP contribution < -0.4 is 25.2 Å². The molecule has 0 aliphatic carbocycles. The second-order valence-electron chi connectivity index (χ2n) is 15.4. The Morgan fingerprint density at radius 1 is 0.575 bits per heavy atom. The molecule has 73 heavy (non-hydrogen) atoms. The fourth-order valence-electron chi connectivity index (χ4n) is 7.04. The predicted molar refractivity (Wildman–Crippen MR) is 275 cm³/mol. The second kappa shape index (κ2) is 23.6. The number of ether oxygens (including phenoxy) is 2. The Labute approximate surface area is 468 Å². The molecule has 0 heterocycles. The monoisotopic (exact) mass is 1190 g/mol. The molecule has 2 amide bonds. The molecule has 0 radical (unpaired) electrons. The number of nitrogens with one attached hydrogen (secondary N) is 2. The minimum absolute atomic E-state index is 0. The average molecular weight is 1190 g/mol. The number of rotatable bonds is 12. The first-order valence-electron chi connectivity index (χ1n) is 20.9. The third kappa shape index (κ3) is 12.9. The molecule has 8 rings (SSSR count). The zero-order valence-corrected chi connectivity index (χ0v) is 46.3. The van der Waals surface area contributed by atoms with Gasteiger partial charge in [0, 0.05) is 27.7 Å². The summed E-state index contributed by atoms with van der Waals surface area (Å²) < 4.78 is 77.4. The van der Waals surface area contributed by atoms with Crippen LogP contribution in [0.25, 0.3) is 21.5 Å². The second-order valence-corrected chi connectivity index (χ2v) is 18.9. The van der Waals surface area contributed by atoms with Gasteiger partial charge in [-0.05, 0) is 109 Å². The maximum atomic E-state index is 13.3. The van der Waals surface area contributed by atoms with Crippen LogP contribution in [-0.4, -0.2) is 106 Å². The summed E-state index contributed by atoms with van der Waals surface area (Å²) in [5.41, 5.74) is 1.39. The Morgan fingerprint density at radius 2 is 0.973 bits per heavy atom. The number of carbonyl (C=O) groups is 2. The molecule has 0 aromatic heterocycles. The quantitative estimate of drug-likeness (QED) is 0.0505. The summed E-state index contributed by atoms with van der Waals surface area (Å²) in [7, 11) is -6.40. The van der Waals surface area contributed by atoms with E-state index in [9.17, 15) is 45.7 Å². The first-order chi connectivity index (χ1) is 34.2. The number of aromatic hydroxyl groups is 1. The van der Waals surface area contributed by atoms with Gasteiger partial charge in [-0.1, -0.05) is 89.6 Å². The molecule has 0 bridgehead atoms. The smallest absolute Gasteiger partial charge is 0.870 e. The molecule has 368 valence electrons. The zero-order valence-electron chi connectivity index (χ0n) is 38.7. The number of carbonyl (C=O) groups excluding carboxylic acids is 2. The summed E-state index contributed by atoms with van der Waals surface area (Å²) in [6.45, 7) is 3.22. The first-order valence-corrected chi connectivity index (χ1v) is 24.5. The van der Waals surface area contributed by atoms with Crippen LogP contribution in [0.4, 0.5) is 34.1 Å². The van der Waals surface area contributed by atoms with Gasteiger partial charge in [0.2, 0.25) is 0 Å². The number of phenols is 1. The van der Waals surface area contributed by atoms with Gasteiger partial charge in [0.05, 0.1) is 40.4 Å². The number of azo groups is 2. The number of hydrogen-bond donors (Lipinski definition) is 4. The van der Waals surface area contributed by atoms with Gasteiger partial charge < -0.3 is 34.9 Å². The van der Waals surface area contributed by atoms with E-state index in [0.29, 0.717) is 55.5 Å². The predicted octanol–water partition coefficient (Wildman–Crippen LogP) is 11.5. The van der Waals surface area contributed by atoms with Gasteiger partial charge >= 0.3 is 48.9 Å². The molecule has 0 aliphatic heterocycles. The molecular formula is C50H38BaCl2N6O12S2. The van der Waals surface area contributed by atoms with Crippen molar-refractivity contribution in [2.45, 2.75) is 23.6 Å². The molecule has 8 aromatic carbocycles. The molecule has 8 aromatic rings. The van der Waals surface area contributed by atoms with Crippen molar-refractivity contribution in [1.29, 1.82) is 0 Å². The van der Waals surface area contributed by atoms with Crippen molar-refractivity contribution >= 4 is 160 Å². The Balaban J connectivity index is 0.000000235. The maximum Gasteiger partial charge on any atom is 2.00 e. The summed E-state index contributed by atoms with van der Waals surface area (Å²) in [4.78, 5) is 24.8. The van der Waals surface area contributed by atoms with E-state index >= 15 is 0 Å². The van der Waals surface area contributed by atoms with Crippen molar-refractivity contribution in [1.82, 2.24) is 0 Å². The molecule has 0 unspecified atom stereocenters. The van der Waals surface area contributed by atoms with Crippen molar-refractivity contribution in [2.75, 3.05) is 24.9 Å². The van der Waals surface area contributed by atoms with Gasteiger partial charge in [-0.3, -0.25) is 14.1 Å². The van der Waals surface area contributed by atoms with Gasteiger partial charge in [0.15, 0.2) is 5.75 Å². The van der Waals surface area contributed by atoms with Gasteiger partial charge in [-0.2, -0.15) is 13.5 Å². The van der Waals surface area contributed by atoms with Gasteiger partial charge in [-0.15, -0.1) is 15.3 Å². The van der Waals surface area contributed by atoms with E-state index in [0.717, 1.165) is 12.1 Å². The normalized spacial score (nSPS) is 11.5. The molecule has 0 saturated carbocycles. The maximum absolute atomic E-state index is 13.3. The molecule has 0 saturated heterocycles. The van der Waals surface area contributed by atoms with Gasteiger partial charge in [0.25, 0.3) is 21.9 Å². The Bertz CT molecular complexity index is 3490. The zero-order chi connectivity index (χ0) is 52.1. The van der Waals surface area contributed by atoms with Crippen molar-refractivity contribution in [3.63, 3.8) is 0 Å². The summed E-state index contributed by atoms with van der Waals surface area (Å²) in [5, 5.41) is 47.4. The number of benzene rings is 8. The summed E-state index contributed by atoms with van der Waals surface area (Å²) in [6, 6.07) is 35.0. The van der Waals surface area contributed by atoms with Crippen LogP contribution >= 0.6 is 23.2 Å². The van der Waals surface area contributed by atoms with Crippen LogP contribution in [0.1, 0.15) is 31.8 Å². The van der Waals surface area contributed by atoms with E-state index < -0.39 is 58.4 Å². The number of anilines is 2. The van der Waals surface area contributed by atoms with Crippen LogP contribution in [0.5, 0.6) is 23.0 Å². The Hall–Kier alpha value is -6.41. The van der Waals surface area contributed by atoms with E-state index in [1.54, 1.807) is 111 Å². The van der Waals surface area contributed by atoms with E-state index in [2.05, 4.69) is 31.1 Å². The van der Waals surface area contributed by atoms with Crippen LogP contribution in [0, 0.1) is 13.8 Å². The molecule has 18 nitrogen and oxygen atoms in total. The van der Waals surface area contributed by atoms with Crippen LogP contribution in [-0.2, 0) is 20.2 Å². The Morgan fingerprint density at radius 3 is 1.44 bits per heavy atom. The third-order valence-corrected chi connectivity index (χ3v) is 13.5. The van der Waals surface area contributed by atoms with E-state index in [-0.39, 0.29) is 87.8 Å². The topological polar surface area (TPSA) is 281 Å². The number of aryl methyl sites for hydroxylation is 2. The number of methoxy groups -OCH3 is 2. The number of fused-ring (bicyclic) bond motifs is 2. The number of halogens is 2. The molecule has 0 atom stereocenters. The van der Waals surface area contributed by atoms with E-state index in [1.165, 1.54) is 38.5 Å². The fraction of sp³-hybridized carbons (Fsp3) is 0.0800. The third-order valence-electron chi connectivity index (χ3n) is 10.8. The number of hydrogen-bond acceptors (Lipinski definition) is 15. The molecule has 0 aliphatic rings. The molecule has 0 fully saturated rings. The fourth-order valence-corrected chi connectivity index (χ4v) is 9.23. The van der Waals surface area contributed by atoms with Crippen LogP contribution in [0.3, 0.4) is 0 Å². The average Bonchev–Trinajstić information content (AvgIpc) is 3.34. The van der Waals surface area contributed by atoms with Crippen LogP contribution in [0.2, 0.25) is 10.0 Å². The first kappa shape index (κ1) is 55.9. The summed E-state index contributed by atoms with van der Waals surface area (Å²) in [5.74, 6) is -1.12. The minimum Gasteiger partial charge on any atom is -0.870 e. The van der Waals surface area contributed by atoms with Crippen molar-refractivity contribution in [3.05, 3.63) is 166 Å². The number of nitrogens with zero attached hydrogens (tertiary/aromatic N) is 4. The number of amides is 2. The summed E-state index contributed by atoms with van der Waals surface area (Å²) >= 11 is 12.3. The molecule has 4 N–H and O–H groups in total. The van der Waals surface area contributed by atoms with Crippen LogP contribution in [0.15, 0.2) is 164 Å². The van der Waals surface area contributed by atoms with Crippen molar-refractivity contribution in [2.24, 2.45) is 20.5 Å². The Kier molecular flexibility index (Phi) is 18.1. The van der Waals surface area contributed by atoms with Crippen molar-refractivity contribution < 1.29 is 55.2 Å². The minimum atomic E-state index is -4.86. The largest absolute Gasteiger partial charge is 2.00 e. The molecule has 23 heteroatoms. The SMILES string of the molecule is COc1ccc(NC(=O)c2cc3ccccc3c(N=Nc3c(C)ccc(S(=O)(=O)O)c3Cl)c2O)cc1.COc1ccc(NC(=O)c2cc3ccccc3c(N=Nc3c(C)ccc(S(=O)(=O)[O-])c3Cl)c2[O-])cc1.[Ba+2]. The molecular weight excluding hydrogens is 1150 g/mol. The van der Waals surface area contributed by atoms with Crippen molar-refractivity contribution in [3.8, 4) is 23.0 Å². The molecule has 0 spiro atoms. The standard InChI is InChI=1S/2C25H20ClN3O6S.Ba/c2*1-14-7-12-20(36(32,33)34)21(26)22(14)28-29-23-18-6-4-3-5-15(18)13-19(24(23)30)25(31)27-16-8-10-17(35-2)11-9-16;/h2*3-13,30H,1-2H3,(H,27,31)(H,32,33,34);/q;;+2/p-2. The number of phenolic OH excluding ortho intramolecular Hbond substituents is 1. The van der Waals surface area contributed by atoms with Gasteiger partial charge in [0.1, 0.15) is 43.6 Å².